The first kappa shape index (κ1) is 13.3. The number of aryl methyl sites for hydroxylation is 1. The molecule has 1 heterocycles. The van der Waals surface area contributed by atoms with Crippen molar-refractivity contribution in [3.05, 3.63) is 57.6 Å². The van der Waals surface area contributed by atoms with E-state index in [0.717, 1.165) is 17.1 Å². The summed E-state index contributed by atoms with van der Waals surface area (Å²) in [7, 11) is 0. The molecule has 0 fully saturated rings. The van der Waals surface area contributed by atoms with Crippen LogP contribution in [0.2, 0.25) is 10.0 Å². The fourth-order valence-corrected chi connectivity index (χ4v) is 2.22. The highest BCUT2D eigenvalue weighted by molar-refractivity contribution is 6.34. The van der Waals surface area contributed by atoms with Gasteiger partial charge in [0.05, 0.1) is 5.69 Å². The third-order valence-electron chi connectivity index (χ3n) is 2.39. The summed E-state index contributed by atoms with van der Waals surface area (Å²) in [6.45, 7) is 3.26. The first-order valence-corrected chi connectivity index (χ1v) is 6.33. The molecule has 2 aromatic rings. The zero-order chi connectivity index (χ0) is 13.0. The van der Waals surface area contributed by atoms with E-state index < -0.39 is 0 Å². The van der Waals surface area contributed by atoms with Crippen LogP contribution in [0.5, 0.6) is 0 Å². The van der Waals surface area contributed by atoms with Crippen LogP contribution in [0.15, 0.2) is 30.5 Å². The van der Waals surface area contributed by atoms with Gasteiger partial charge in [0.15, 0.2) is 0 Å². The highest BCUT2D eigenvalue weighted by Gasteiger charge is 1.99. The summed E-state index contributed by atoms with van der Waals surface area (Å²) in [4.78, 5) is 8.37. The molecule has 0 saturated carbocycles. The van der Waals surface area contributed by atoms with E-state index in [1.54, 1.807) is 12.3 Å². The number of hydrogen-bond donors (Lipinski definition) is 1. The molecule has 0 unspecified atom stereocenters. The molecule has 0 aliphatic heterocycles. The molecule has 94 valence electrons. The molecule has 0 saturated heterocycles. The van der Waals surface area contributed by atoms with Crippen LogP contribution in [0.25, 0.3) is 0 Å². The molecular formula is C13H13Cl2N3. The first-order valence-electron chi connectivity index (χ1n) is 5.58. The molecule has 18 heavy (non-hydrogen) atoms. The predicted octanol–water partition coefficient (Wildman–Crippen LogP) is 3.38. The number of nitrogens with zero attached hydrogens (tertiary/aromatic N) is 2. The normalized spacial score (nSPS) is 10.6. The van der Waals surface area contributed by atoms with Crippen LogP contribution in [-0.2, 0) is 13.1 Å². The van der Waals surface area contributed by atoms with Gasteiger partial charge < -0.3 is 5.32 Å². The van der Waals surface area contributed by atoms with Crippen LogP contribution < -0.4 is 5.32 Å². The molecule has 0 amide bonds. The second-order valence-electron chi connectivity index (χ2n) is 3.98. The average Bonchev–Trinajstić information content (AvgIpc) is 2.27. The van der Waals surface area contributed by atoms with Gasteiger partial charge in [-0.3, -0.25) is 0 Å². The highest BCUT2D eigenvalue weighted by atomic mass is 35.5. The molecule has 3 nitrogen and oxygen atoms in total. The predicted molar refractivity (Wildman–Crippen MR) is 73.8 cm³/mol. The minimum absolute atomic E-state index is 0.650. The number of halogens is 2. The van der Waals surface area contributed by atoms with Crippen molar-refractivity contribution in [2.24, 2.45) is 0 Å². The van der Waals surface area contributed by atoms with Gasteiger partial charge in [-0.05, 0) is 36.8 Å². The van der Waals surface area contributed by atoms with E-state index in [1.807, 2.05) is 25.1 Å². The third-order valence-corrected chi connectivity index (χ3v) is 2.83. The van der Waals surface area contributed by atoms with Gasteiger partial charge in [-0.15, -0.1) is 0 Å². The van der Waals surface area contributed by atoms with E-state index in [9.17, 15) is 0 Å². The molecule has 0 aliphatic carbocycles. The average molecular weight is 282 g/mol. The van der Waals surface area contributed by atoms with Crippen molar-refractivity contribution in [2.45, 2.75) is 20.0 Å². The third kappa shape index (κ3) is 3.95. The highest BCUT2D eigenvalue weighted by Crippen LogP contribution is 2.18. The molecule has 0 atom stereocenters. The van der Waals surface area contributed by atoms with Crippen LogP contribution in [-0.4, -0.2) is 9.97 Å². The SMILES string of the molecule is Cc1nccc(CNCc2cc(Cl)cc(Cl)c2)n1. The molecule has 5 heteroatoms. The van der Waals surface area contributed by atoms with Gasteiger partial charge in [-0.1, -0.05) is 23.2 Å². The van der Waals surface area contributed by atoms with Gasteiger partial charge in [0.2, 0.25) is 0 Å². The lowest BCUT2D eigenvalue weighted by molar-refractivity contribution is 0.675. The lowest BCUT2D eigenvalue weighted by atomic mass is 10.2. The van der Waals surface area contributed by atoms with Crippen LogP contribution in [0.3, 0.4) is 0 Å². The molecule has 1 aromatic heterocycles. The molecule has 0 spiro atoms. The number of rotatable bonds is 4. The molecule has 1 aromatic carbocycles. The second kappa shape index (κ2) is 6.14. The zero-order valence-corrected chi connectivity index (χ0v) is 11.5. The minimum atomic E-state index is 0.650. The maximum absolute atomic E-state index is 5.93. The maximum atomic E-state index is 5.93. The van der Waals surface area contributed by atoms with Crippen LogP contribution >= 0.6 is 23.2 Å². The van der Waals surface area contributed by atoms with E-state index in [4.69, 9.17) is 23.2 Å². The van der Waals surface area contributed by atoms with Gasteiger partial charge in [0.25, 0.3) is 0 Å². The Morgan fingerprint density at radius 1 is 1.11 bits per heavy atom. The Kier molecular flexibility index (Phi) is 4.53. The monoisotopic (exact) mass is 281 g/mol. The van der Waals surface area contributed by atoms with Gasteiger partial charge >= 0.3 is 0 Å². The number of benzene rings is 1. The Balaban J connectivity index is 1.92. The Labute approximate surface area is 116 Å². The van der Waals surface area contributed by atoms with Crippen molar-refractivity contribution in [1.29, 1.82) is 0 Å². The molecular weight excluding hydrogens is 269 g/mol. The Morgan fingerprint density at radius 3 is 2.50 bits per heavy atom. The fourth-order valence-electron chi connectivity index (χ4n) is 1.65. The first-order chi connectivity index (χ1) is 8.63. The van der Waals surface area contributed by atoms with Crippen molar-refractivity contribution >= 4 is 23.2 Å². The maximum Gasteiger partial charge on any atom is 0.125 e. The zero-order valence-electron chi connectivity index (χ0n) is 9.95. The summed E-state index contributed by atoms with van der Waals surface area (Å²) < 4.78 is 0. The Morgan fingerprint density at radius 2 is 1.83 bits per heavy atom. The number of aromatic nitrogens is 2. The molecule has 0 radical (unpaired) electrons. The summed E-state index contributed by atoms with van der Waals surface area (Å²) in [5.74, 6) is 0.778. The Bertz CT molecular complexity index is 523. The number of hydrogen-bond acceptors (Lipinski definition) is 3. The van der Waals surface area contributed by atoms with E-state index in [-0.39, 0.29) is 0 Å². The second-order valence-corrected chi connectivity index (χ2v) is 4.85. The minimum Gasteiger partial charge on any atom is -0.307 e. The summed E-state index contributed by atoms with van der Waals surface area (Å²) >= 11 is 11.9. The van der Waals surface area contributed by atoms with Gasteiger partial charge in [0.1, 0.15) is 5.82 Å². The standard InChI is InChI=1S/C13H13Cl2N3/c1-9-17-3-2-13(18-9)8-16-7-10-4-11(14)6-12(15)5-10/h2-6,16H,7-8H2,1H3. The van der Waals surface area contributed by atoms with E-state index in [0.29, 0.717) is 23.1 Å². The van der Waals surface area contributed by atoms with Crippen molar-refractivity contribution < 1.29 is 0 Å². The van der Waals surface area contributed by atoms with Crippen LogP contribution in [0.4, 0.5) is 0 Å². The van der Waals surface area contributed by atoms with E-state index in [1.165, 1.54) is 0 Å². The largest absolute Gasteiger partial charge is 0.307 e. The molecule has 0 aliphatic rings. The smallest absolute Gasteiger partial charge is 0.125 e. The van der Waals surface area contributed by atoms with Gasteiger partial charge in [0, 0.05) is 29.3 Å². The van der Waals surface area contributed by atoms with Crippen LogP contribution in [0, 0.1) is 6.92 Å². The van der Waals surface area contributed by atoms with Gasteiger partial charge in [-0.25, -0.2) is 9.97 Å². The number of nitrogens with one attached hydrogen (secondary N) is 1. The molecule has 0 bridgehead atoms. The quantitative estimate of drug-likeness (QED) is 0.934. The van der Waals surface area contributed by atoms with Crippen molar-refractivity contribution in [3.63, 3.8) is 0 Å². The fraction of sp³-hybridized carbons (Fsp3) is 0.231. The summed E-state index contributed by atoms with van der Waals surface area (Å²) in [5.41, 5.74) is 2.02. The van der Waals surface area contributed by atoms with Crippen LogP contribution in [0.1, 0.15) is 17.1 Å². The van der Waals surface area contributed by atoms with E-state index >= 15 is 0 Å². The summed E-state index contributed by atoms with van der Waals surface area (Å²) in [5, 5.41) is 4.59. The van der Waals surface area contributed by atoms with Crippen molar-refractivity contribution in [3.8, 4) is 0 Å². The van der Waals surface area contributed by atoms with Crippen molar-refractivity contribution in [2.75, 3.05) is 0 Å². The summed E-state index contributed by atoms with van der Waals surface area (Å²) in [6.07, 6.45) is 1.76. The Hall–Kier alpha value is -1.16. The lowest BCUT2D eigenvalue weighted by Gasteiger charge is -2.06. The lowest BCUT2D eigenvalue weighted by Crippen LogP contribution is -2.14. The topological polar surface area (TPSA) is 37.8 Å². The summed E-state index contributed by atoms with van der Waals surface area (Å²) in [6, 6.07) is 7.41. The van der Waals surface area contributed by atoms with Gasteiger partial charge in [-0.2, -0.15) is 0 Å². The van der Waals surface area contributed by atoms with Crippen molar-refractivity contribution in [1.82, 2.24) is 15.3 Å². The van der Waals surface area contributed by atoms with E-state index in [2.05, 4.69) is 15.3 Å². The molecule has 1 N–H and O–H groups in total. The molecule has 2 rings (SSSR count).